The number of likely N-dealkylation sites (tertiary alicyclic amines) is 1. The Labute approximate surface area is 178 Å². The predicted octanol–water partition coefficient (Wildman–Crippen LogP) is 4.25. The first-order valence-corrected chi connectivity index (χ1v) is 10.5. The Morgan fingerprint density at radius 2 is 1.67 bits per heavy atom. The third-order valence-corrected chi connectivity index (χ3v) is 5.39. The van der Waals surface area contributed by atoms with Gasteiger partial charge in [0.25, 0.3) is 5.91 Å². The van der Waals surface area contributed by atoms with Crippen molar-refractivity contribution in [1.29, 1.82) is 0 Å². The van der Waals surface area contributed by atoms with Crippen LogP contribution < -0.4 is 15.4 Å². The van der Waals surface area contributed by atoms with Gasteiger partial charge >= 0.3 is 0 Å². The molecular formula is C24H31N3O3. The fraction of sp³-hybridized carbons (Fsp3) is 0.417. The van der Waals surface area contributed by atoms with E-state index in [1.54, 1.807) is 43.5 Å². The Bertz CT molecular complexity index is 856. The number of anilines is 2. The molecule has 160 valence electrons. The molecule has 2 atom stereocenters. The SMILES string of the molecule is COc1ccccc1NC(=O)c1ccc(NC(=O)CCN2C[C@@H](C)C[C@H](C)C2)cc1. The van der Waals surface area contributed by atoms with Gasteiger partial charge < -0.3 is 20.3 Å². The van der Waals surface area contributed by atoms with Gasteiger partial charge in [0.15, 0.2) is 0 Å². The van der Waals surface area contributed by atoms with Crippen LogP contribution in [0.3, 0.4) is 0 Å². The van der Waals surface area contributed by atoms with E-state index in [9.17, 15) is 9.59 Å². The average molecular weight is 410 g/mol. The summed E-state index contributed by atoms with van der Waals surface area (Å²) in [5, 5.41) is 5.77. The standard InChI is InChI=1S/C24H31N3O3/c1-17-14-18(2)16-27(15-17)13-12-23(28)25-20-10-8-19(9-11-20)24(29)26-21-6-4-5-7-22(21)30-3/h4-11,17-18H,12-16H2,1-3H3,(H,25,28)(H,26,29)/t17-,18-/m0/s1. The highest BCUT2D eigenvalue weighted by atomic mass is 16.5. The molecule has 0 aliphatic carbocycles. The number of ether oxygens (including phenoxy) is 1. The number of rotatable bonds is 7. The predicted molar refractivity (Wildman–Crippen MR) is 120 cm³/mol. The van der Waals surface area contributed by atoms with Gasteiger partial charge in [0.2, 0.25) is 5.91 Å². The number of nitrogens with zero attached hydrogens (tertiary/aromatic N) is 1. The van der Waals surface area contributed by atoms with E-state index in [1.807, 2.05) is 12.1 Å². The van der Waals surface area contributed by atoms with Gasteiger partial charge in [-0.15, -0.1) is 0 Å². The number of hydrogen-bond donors (Lipinski definition) is 2. The van der Waals surface area contributed by atoms with Gasteiger partial charge in [-0.3, -0.25) is 9.59 Å². The number of piperidine rings is 1. The molecule has 0 bridgehead atoms. The van der Waals surface area contributed by atoms with Crippen LogP contribution in [0.5, 0.6) is 5.75 Å². The third-order valence-electron chi connectivity index (χ3n) is 5.39. The highest BCUT2D eigenvalue weighted by Crippen LogP contribution is 2.24. The lowest BCUT2D eigenvalue weighted by Gasteiger charge is -2.34. The van der Waals surface area contributed by atoms with Crippen LogP contribution in [0.4, 0.5) is 11.4 Å². The molecule has 0 radical (unpaired) electrons. The minimum absolute atomic E-state index is 0.00731. The van der Waals surface area contributed by atoms with Crippen molar-refractivity contribution in [3.05, 3.63) is 54.1 Å². The van der Waals surface area contributed by atoms with Crippen LogP contribution in [0.25, 0.3) is 0 Å². The maximum atomic E-state index is 12.5. The fourth-order valence-corrected chi connectivity index (χ4v) is 4.11. The Hall–Kier alpha value is -2.86. The first-order valence-electron chi connectivity index (χ1n) is 10.5. The monoisotopic (exact) mass is 409 g/mol. The molecule has 6 nitrogen and oxygen atoms in total. The number of carbonyl (C=O) groups is 2. The maximum absolute atomic E-state index is 12.5. The molecule has 1 heterocycles. The zero-order chi connectivity index (χ0) is 21.5. The smallest absolute Gasteiger partial charge is 0.255 e. The van der Waals surface area contributed by atoms with Crippen molar-refractivity contribution in [2.75, 3.05) is 37.4 Å². The molecule has 1 aliphatic rings. The first kappa shape index (κ1) is 21.8. The van der Waals surface area contributed by atoms with E-state index in [-0.39, 0.29) is 11.8 Å². The van der Waals surface area contributed by atoms with Crippen LogP contribution in [0.2, 0.25) is 0 Å². The summed E-state index contributed by atoms with van der Waals surface area (Å²) in [6.07, 6.45) is 1.73. The fourth-order valence-electron chi connectivity index (χ4n) is 4.11. The highest BCUT2D eigenvalue weighted by molar-refractivity contribution is 6.05. The molecule has 1 fully saturated rings. The lowest BCUT2D eigenvalue weighted by molar-refractivity contribution is -0.116. The van der Waals surface area contributed by atoms with Crippen LogP contribution in [0, 0.1) is 11.8 Å². The quantitative estimate of drug-likeness (QED) is 0.717. The number of amides is 2. The summed E-state index contributed by atoms with van der Waals surface area (Å²) in [4.78, 5) is 27.2. The summed E-state index contributed by atoms with van der Waals surface area (Å²) in [6.45, 7) is 7.45. The lowest BCUT2D eigenvalue weighted by atomic mass is 9.92. The van der Waals surface area contributed by atoms with Crippen LogP contribution in [-0.4, -0.2) is 43.5 Å². The second-order valence-electron chi connectivity index (χ2n) is 8.24. The molecule has 0 unspecified atom stereocenters. The van der Waals surface area contributed by atoms with Crippen LogP contribution in [0.15, 0.2) is 48.5 Å². The summed E-state index contributed by atoms with van der Waals surface area (Å²) < 4.78 is 5.26. The summed E-state index contributed by atoms with van der Waals surface area (Å²) in [5.41, 5.74) is 1.81. The van der Waals surface area contributed by atoms with E-state index < -0.39 is 0 Å². The number of methoxy groups -OCH3 is 1. The summed E-state index contributed by atoms with van der Waals surface area (Å²) in [5.74, 6) is 1.74. The van der Waals surface area contributed by atoms with Crippen molar-refractivity contribution in [3.63, 3.8) is 0 Å². The Morgan fingerprint density at radius 3 is 2.33 bits per heavy atom. The molecule has 6 heteroatoms. The van der Waals surface area contributed by atoms with Gasteiger partial charge in [0.1, 0.15) is 5.75 Å². The molecule has 2 N–H and O–H groups in total. The summed E-state index contributed by atoms with van der Waals surface area (Å²) >= 11 is 0. The van der Waals surface area contributed by atoms with E-state index in [4.69, 9.17) is 4.74 Å². The van der Waals surface area contributed by atoms with Crippen molar-refractivity contribution in [2.24, 2.45) is 11.8 Å². The van der Waals surface area contributed by atoms with E-state index in [0.717, 1.165) is 19.6 Å². The van der Waals surface area contributed by atoms with Crippen LogP contribution in [0.1, 0.15) is 37.0 Å². The number of benzene rings is 2. The number of carbonyl (C=O) groups excluding carboxylic acids is 2. The number of nitrogens with one attached hydrogen (secondary N) is 2. The Balaban J connectivity index is 1.50. The molecule has 0 aromatic heterocycles. The average Bonchev–Trinajstić information content (AvgIpc) is 2.72. The largest absolute Gasteiger partial charge is 0.495 e. The first-order chi connectivity index (χ1) is 14.4. The van der Waals surface area contributed by atoms with Crippen LogP contribution >= 0.6 is 0 Å². The maximum Gasteiger partial charge on any atom is 0.255 e. The van der Waals surface area contributed by atoms with E-state index in [0.29, 0.717) is 40.9 Å². The third kappa shape index (κ3) is 6.07. The van der Waals surface area contributed by atoms with Crippen molar-refractivity contribution in [2.45, 2.75) is 26.7 Å². The van der Waals surface area contributed by atoms with Crippen molar-refractivity contribution in [3.8, 4) is 5.75 Å². The normalized spacial score (nSPS) is 19.2. The topological polar surface area (TPSA) is 70.7 Å². The van der Waals surface area contributed by atoms with Crippen LogP contribution in [-0.2, 0) is 4.79 Å². The molecule has 2 aromatic rings. The molecule has 2 aromatic carbocycles. The molecule has 3 rings (SSSR count). The molecular weight excluding hydrogens is 378 g/mol. The molecule has 30 heavy (non-hydrogen) atoms. The van der Waals surface area contributed by atoms with Gasteiger partial charge in [-0.1, -0.05) is 26.0 Å². The molecule has 0 spiro atoms. The van der Waals surface area contributed by atoms with Gasteiger partial charge in [-0.2, -0.15) is 0 Å². The zero-order valence-electron chi connectivity index (χ0n) is 18.0. The lowest BCUT2D eigenvalue weighted by Crippen LogP contribution is -2.40. The summed E-state index contributed by atoms with van der Waals surface area (Å²) in [6, 6.07) is 14.2. The second-order valence-corrected chi connectivity index (χ2v) is 8.24. The van der Waals surface area contributed by atoms with Gasteiger partial charge in [0, 0.05) is 37.3 Å². The van der Waals surface area contributed by atoms with Crippen molar-refractivity contribution < 1.29 is 14.3 Å². The zero-order valence-corrected chi connectivity index (χ0v) is 18.0. The molecule has 2 amide bonds. The summed E-state index contributed by atoms with van der Waals surface area (Å²) in [7, 11) is 1.56. The minimum Gasteiger partial charge on any atom is -0.495 e. The molecule has 1 aliphatic heterocycles. The minimum atomic E-state index is -0.231. The van der Waals surface area contributed by atoms with Crippen molar-refractivity contribution in [1.82, 2.24) is 4.90 Å². The van der Waals surface area contributed by atoms with Gasteiger partial charge in [0.05, 0.1) is 12.8 Å². The highest BCUT2D eigenvalue weighted by Gasteiger charge is 2.21. The second kappa shape index (κ2) is 10.3. The molecule has 1 saturated heterocycles. The van der Waals surface area contributed by atoms with Crippen molar-refractivity contribution >= 4 is 23.2 Å². The van der Waals surface area contributed by atoms with Gasteiger partial charge in [-0.05, 0) is 54.7 Å². The van der Waals surface area contributed by atoms with E-state index in [2.05, 4.69) is 29.4 Å². The Morgan fingerprint density at radius 1 is 1.00 bits per heavy atom. The Kier molecular flexibility index (Phi) is 7.46. The number of hydrogen-bond acceptors (Lipinski definition) is 4. The van der Waals surface area contributed by atoms with E-state index >= 15 is 0 Å². The number of para-hydroxylation sites is 2. The van der Waals surface area contributed by atoms with E-state index in [1.165, 1.54) is 6.42 Å². The molecule has 0 saturated carbocycles. The van der Waals surface area contributed by atoms with Gasteiger partial charge in [-0.25, -0.2) is 0 Å².